The van der Waals surface area contributed by atoms with Crippen LogP contribution in [0, 0.1) is 5.92 Å². The van der Waals surface area contributed by atoms with Crippen molar-refractivity contribution < 1.29 is 9.53 Å². The Bertz CT molecular complexity index is 568. The number of hydrazine groups is 1. The van der Waals surface area contributed by atoms with E-state index in [1.807, 2.05) is 5.01 Å². The van der Waals surface area contributed by atoms with Crippen LogP contribution in [0.3, 0.4) is 0 Å². The molecule has 0 radical (unpaired) electrons. The molecule has 0 N–H and O–H groups in total. The zero-order chi connectivity index (χ0) is 16.4. The van der Waals surface area contributed by atoms with E-state index in [9.17, 15) is 4.79 Å². The lowest BCUT2D eigenvalue weighted by Gasteiger charge is -2.34. The van der Waals surface area contributed by atoms with Crippen LogP contribution in [0.2, 0.25) is 10.0 Å². The second kappa shape index (κ2) is 8.61. The zero-order valence-corrected chi connectivity index (χ0v) is 16.1. The number of benzene rings is 1. The molecule has 7 heteroatoms. The molecule has 2 fully saturated rings. The Labute approximate surface area is 159 Å². The third-order valence-corrected chi connectivity index (χ3v) is 5.44. The van der Waals surface area contributed by atoms with Crippen LogP contribution in [0.4, 0.5) is 0 Å². The molecule has 1 amide bonds. The average molecular weight is 394 g/mol. The van der Waals surface area contributed by atoms with Gasteiger partial charge in [-0.3, -0.25) is 9.80 Å². The first-order valence-electron chi connectivity index (χ1n) is 8.18. The van der Waals surface area contributed by atoms with Crippen LogP contribution in [-0.2, 0) is 11.2 Å². The topological polar surface area (TPSA) is 32.8 Å². The summed E-state index contributed by atoms with van der Waals surface area (Å²) in [4.78, 5) is 12.7. The van der Waals surface area contributed by atoms with Gasteiger partial charge >= 0.3 is 0 Å². The lowest BCUT2D eigenvalue weighted by Crippen LogP contribution is -2.47. The van der Waals surface area contributed by atoms with Gasteiger partial charge in [-0.1, -0.05) is 29.6 Å². The molecular weight excluding hydrogens is 371 g/mol. The SMILES string of the molecule is COc1cc(Cl)c(C[C@@H]2CCN(N3CCCCC3)C2=O)c(Cl)c1.Cl. The first-order valence-corrected chi connectivity index (χ1v) is 8.94. The van der Waals surface area contributed by atoms with Crippen molar-refractivity contribution in [3.63, 3.8) is 0 Å². The predicted molar refractivity (Wildman–Crippen MR) is 99.2 cm³/mol. The first kappa shape index (κ1) is 19.6. The summed E-state index contributed by atoms with van der Waals surface area (Å²) in [6.07, 6.45) is 5.05. The van der Waals surface area contributed by atoms with E-state index in [0.29, 0.717) is 22.2 Å². The van der Waals surface area contributed by atoms with E-state index in [0.717, 1.165) is 31.6 Å². The van der Waals surface area contributed by atoms with Gasteiger partial charge in [-0.25, -0.2) is 5.01 Å². The van der Waals surface area contributed by atoms with Crippen molar-refractivity contribution >= 4 is 41.5 Å². The molecule has 1 atom stereocenters. The molecule has 0 spiro atoms. The standard InChI is InChI=1S/C17H22Cl2N2O2.ClH/c1-23-13-10-15(18)14(16(19)11-13)9-12-5-8-21(17(12)22)20-6-3-2-4-7-20;/h10-12H,2-9H2,1H3;1H/t12-;/m0./s1. The van der Waals surface area contributed by atoms with E-state index in [-0.39, 0.29) is 24.2 Å². The van der Waals surface area contributed by atoms with Crippen LogP contribution < -0.4 is 4.74 Å². The number of methoxy groups -OCH3 is 1. The highest BCUT2D eigenvalue weighted by atomic mass is 35.5. The van der Waals surface area contributed by atoms with Crippen molar-refractivity contribution in [3.8, 4) is 5.75 Å². The molecule has 2 saturated heterocycles. The maximum atomic E-state index is 12.7. The van der Waals surface area contributed by atoms with E-state index >= 15 is 0 Å². The number of carbonyl (C=O) groups excluding carboxylic acids is 1. The maximum Gasteiger partial charge on any atom is 0.240 e. The van der Waals surface area contributed by atoms with Gasteiger partial charge in [0.05, 0.1) is 7.11 Å². The molecule has 0 bridgehead atoms. The minimum atomic E-state index is -0.0414. The monoisotopic (exact) mass is 392 g/mol. The van der Waals surface area contributed by atoms with Crippen LogP contribution >= 0.6 is 35.6 Å². The Kier molecular flexibility index (Phi) is 7.05. The van der Waals surface area contributed by atoms with Crippen molar-refractivity contribution in [2.24, 2.45) is 5.92 Å². The number of nitrogens with zero attached hydrogens (tertiary/aromatic N) is 2. The first-order chi connectivity index (χ1) is 11.1. The predicted octanol–water partition coefficient (Wildman–Crippen LogP) is 4.22. The van der Waals surface area contributed by atoms with E-state index in [1.165, 1.54) is 19.3 Å². The molecule has 2 heterocycles. The molecule has 0 unspecified atom stereocenters. The van der Waals surface area contributed by atoms with Crippen molar-refractivity contribution in [3.05, 3.63) is 27.7 Å². The normalized spacial score (nSPS) is 21.7. The number of piperidine rings is 1. The van der Waals surface area contributed by atoms with Gasteiger partial charge in [-0.05, 0) is 43.4 Å². The van der Waals surface area contributed by atoms with Gasteiger partial charge < -0.3 is 4.74 Å². The molecule has 0 aliphatic carbocycles. The van der Waals surface area contributed by atoms with Crippen LogP contribution in [0.25, 0.3) is 0 Å². The van der Waals surface area contributed by atoms with E-state index < -0.39 is 0 Å². The number of halogens is 3. The molecule has 3 rings (SSSR count). The minimum absolute atomic E-state index is 0. The summed E-state index contributed by atoms with van der Waals surface area (Å²) in [5, 5.41) is 5.29. The van der Waals surface area contributed by atoms with Gasteiger partial charge in [0.2, 0.25) is 5.91 Å². The largest absolute Gasteiger partial charge is 0.497 e. The van der Waals surface area contributed by atoms with E-state index in [4.69, 9.17) is 27.9 Å². The minimum Gasteiger partial charge on any atom is -0.497 e. The smallest absolute Gasteiger partial charge is 0.240 e. The third kappa shape index (κ3) is 4.10. The lowest BCUT2D eigenvalue weighted by atomic mass is 9.98. The summed E-state index contributed by atoms with van der Waals surface area (Å²) in [5.41, 5.74) is 0.841. The third-order valence-electron chi connectivity index (χ3n) is 4.77. The van der Waals surface area contributed by atoms with Gasteiger partial charge in [0.1, 0.15) is 5.75 Å². The van der Waals surface area contributed by atoms with E-state index in [2.05, 4.69) is 5.01 Å². The Hall–Kier alpha value is -0.680. The number of hydrogen-bond acceptors (Lipinski definition) is 3. The number of amides is 1. The fourth-order valence-electron chi connectivity index (χ4n) is 3.45. The Morgan fingerprint density at radius 2 is 1.75 bits per heavy atom. The molecule has 134 valence electrons. The fraction of sp³-hybridized carbons (Fsp3) is 0.588. The second-order valence-corrected chi connectivity index (χ2v) is 7.05. The number of rotatable bonds is 4. The second-order valence-electron chi connectivity index (χ2n) is 6.24. The molecule has 0 saturated carbocycles. The fourth-order valence-corrected chi connectivity index (χ4v) is 4.07. The van der Waals surface area contributed by atoms with Crippen LogP contribution in [-0.4, -0.2) is 42.7 Å². The number of carbonyl (C=O) groups is 1. The van der Waals surface area contributed by atoms with Gasteiger partial charge in [0.15, 0.2) is 0 Å². The molecular formula is C17H23Cl3N2O2. The van der Waals surface area contributed by atoms with Crippen molar-refractivity contribution in [2.45, 2.75) is 32.1 Å². The summed E-state index contributed by atoms with van der Waals surface area (Å²) in [7, 11) is 1.58. The zero-order valence-electron chi connectivity index (χ0n) is 13.8. The van der Waals surface area contributed by atoms with Gasteiger partial charge in [0, 0.05) is 35.6 Å². The van der Waals surface area contributed by atoms with Crippen LogP contribution in [0.5, 0.6) is 5.75 Å². The molecule has 24 heavy (non-hydrogen) atoms. The molecule has 0 aromatic heterocycles. The van der Waals surface area contributed by atoms with Crippen molar-refractivity contribution in [1.82, 2.24) is 10.0 Å². The highest BCUT2D eigenvalue weighted by molar-refractivity contribution is 6.36. The number of ether oxygens (including phenoxy) is 1. The van der Waals surface area contributed by atoms with Gasteiger partial charge in [-0.15, -0.1) is 12.4 Å². The Balaban J connectivity index is 0.00000208. The summed E-state index contributed by atoms with van der Waals surface area (Å²) in [6.45, 7) is 2.78. The Morgan fingerprint density at radius 3 is 2.33 bits per heavy atom. The summed E-state index contributed by atoms with van der Waals surface area (Å²) in [5.74, 6) is 0.798. The average Bonchev–Trinajstić information content (AvgIpc) is 2.92. The van der Waals surface area contributed by atoms with Crippen molar-refractivity contribution in [1.29, 1.82) is 0 Å². The molecule has 4 nitrogen and oxygen atoms in total. The maximum absolute atomic E-state index is 12.7. The Morgan fingerprint density at radius 1 is 1.12 bits per heavy atom. The van der Waals surface area contributed by atoms with Crippen LogP contribution in [0.1, 0.15) is 31.2 Å². The summed E-state index contributed by atoms with van der Waals surface area (Å²) in [6, 6.07) is 3.51. The van der Waals surface area contributed by atoms with Crippen molar-refractivity contribution in [2.75, 3.05) is 26.7 Å². The number of hydrogen-bond donors (Lipinski definition) is 0. The molecule has 2 aliphatic heterocycles. The molecule has 2 aliphatic rings. The van der Waals surface area contributed by atoms with Crippen LogP contribution in [0.15, 0.2) is 12.1 Å². The highest BCUT2D eigenvalue weighted by Crippen LogP contribution is 2.34. The highest BCUT2D eigenvalue weighted by Gasteiger charge is 2.36. The lowest BCUT2D eigenvalue weighted by molar-refractivity contribution is -0.147. The van der Waals surface area contributed by atoms with Gasteiger partial charge in [-0.2, -0.15) is 0 Å². The molecule has 1 aromatic carbocycles. The van der Waals surface area contributed by atoms with Gasteiger partial charge in [0.25, 0.3) is 0 Å². The molecule has 1 aromatic rings. The van der Waals surface area contributed by atoms with E-state index in [1.54, 1.807) is 19.2 Å². The quantitative estimate of drug-likeness (QED) is 0.768. The summed E-state index contributed by atoms with van der Waals surface area (Å²) < 4.78 is 5.17. The summed E-state index contributed by atoms with van der Waals surface area (Å²) >= 11 is 12.6.